The topological polar surface area (TPSA) is 84.7 Å². The molecule has 3 aromatic rings. The molecule has 0 amide bonds. The third-order valence-electron chi connectivity index (χ3n) is 2.92. The molecule has 0 aliphatic carbocycles. The van der Waals surface area contributed by atoms with Crippen LogP contribution in [0.25, 0.3) is 22.2 Å². The number of hydrogen-bond acceptors (Lipinski definition) is 4. The summed E-state index contributed by atoms with van der Waals surface area (Å²) >= 11 is 0. The maximum atomic E-state index is 11.1. The van der Waals surface area contributed by atoms with E-state index in [0.717, 1.165) is 27.9 Å². The molecule has 0 radical (unpaired) electrons. The zero-order valence-electron chi connectivity index (χ0n) is 10.1. The summed E-state index contributed by atoms with van der Waals surface area (Å²) in [6, 6.07) is 8.97. The van der Waals surface area contributed by atoms with Crippen LogP contribution in [0.3, 0.4) is 0 Å². The summed E-state index contributed by atoms with van der Waals surface area (Å²) in [5.41, 5.74) is 8.77. The molecule has 0 saturated carbocycles. The molecule has 0 aliphatic rings. The molecule has 5 nitrogen and oxygen atoms in total. The number of hydrogen-bond donors (Lipinski definition) is 2. The number of fused-ring (bicyclic) bond motifs is 1. The van der Waals surface area contributed by atoms with E-state index < -0.39 is 0 Å². The molecule has 19 heavy (non-hydrogen) atoms. The lowest BCUT2D eigenvalue weighted by molar-refractivity contribution is 0.996. The molecule has 0 saturated heterocycles. The molecule has 0 spiro atoms. The van der Waals surface area contributed by atoms with E-state index in [2.05, 4.69) is 15.0 Å². The number of aromatic nitrogens is 3. The Balaban J connectivity index is 2.14. The van der Waals surface area contributed by atoms with E-state index in [0.29, 0.717) is 6.54 Å². The SMILES string of the molecule is NCc1cc2nc(-c3ccc(=O)[nH]c3)ccc2cn1. The summed E-state index contributed by atoms with van der Waals surface area (Å²) in [4.78, 5) is 22.5. The molecule has 0 unspecified atom stereocenters. The Labute approximate surface area is 109 Å². The van der Waals surface area contributed by atoms with Crippen molar-refractivity contribution < 1.29 is 0 Å². The van der Waals surface area contributed by atoms with Gasteiger partial charge in [0.25, 0.3) is 0 Å². The van der Waals surface area contributed by atoms with Crippen molar-refractivity contribution in [1.29, 1.82) is 0 Å². The number of nitrogens with two attached hydrogens (primary N) is 1. The number of aromatic amines is 1. The van der Waals surface area contributed by atoms with Gasteiger partial charge in [0, 0.05) is 36.0 Å². The van der Waals surface area contributed by atoms with Gasteiger partial charge in [-0.05, 0) is 24.3 Å². The normalized spacial score (nSPS) is 10.8. The minimum absolute atomic E-state index is 0.126. The Bertz CT molecular complexity index is 774. The van der Waals surface area contributed by atoms with Gasteiger partial charge < -0.3 is 10.7 Å². The van der Waals surface area contributed by atoms with E-state index in [9.17, 15) is 4.79 Å². The third-order valence-corrected chi connectivity index (χ3v) is 2.92. The molecular formula is C14H12N4O. The second kappa shape index (κ2) is 4.62. The quantitative estimate of drug-likeness (QED) is 0.722. The van der Waals surface area contributed by atoms with Crippen LogP contribution in [0.15, 0.2) is 47.5 Å². The van der Waals surface area contributed by atoms with E-state index >= 15 is 0 Å². The highest BCUT2D eigenvalue weighted by molar-refractivity contribution is 5.80. The smallest absolute Gasteiger partial charge is 0.247 e. The van der Waals surface area contributed by atoms with Crippen LogP contribution >= 0.6 is 0 Å². The standard InChI is InChI=1S/C14H12N4O/c15-6-11-5-13-10(7-16-11)1-3-12(18-13)9-2-4-14(19)17-8-9/h1-5,7-8H,6,15H2,(H,17,19). The lowest BCUT2D eigenvalue weighted by Crippen LogP contribution is -2.02. The lowest BCUT2D eigenvalue weighted by atomic mass is 10.1. The molecule has 94 valence electrons. The second-order valence-corrected chi connectivity index (χ2v) is 4.21. The Kier molecular flexibility index (Phi) is 2.81. The molecule has 0 aliphatic heterocycles. The number of H-pyrrole nitrogens is 1. The van der Waals surface area contributed by atoms with E-state index in [1.807, 2.05) is 18.2 Å². The summed E-state index contributed by atoms with van der Waals surface area (Å²) in [6.07, 6.45) is 3.42. The Morgan fingerprint density at radius 2 is 2.11 bits per heavy atom. The van der Waals surface area contributed by atoms with Crippen LogP contribution in [0.5, 0.6) is 0 Å². The van der Waals surface area contributed by atoms with Crippen LogP contribution in [0.2, 0.25) is 0 Å². The molecule has 0 aromatic carbocycles. The summed E-state index contributed by atoms with van der Waals surface area (Å²) in [6.45, 7) is 0.389. The van der Waals surface area contributed by atoms with Crippen LogP contribution in [-0.2, 0) is 6.54 Å². The first-order chi connectivity index (χ1) is 9.26. The van der Waals surface area contributed by atoms with E-state index in [1.54, 1.807) is 18.5 Å². The molecule has 3 aromatic heterocycles. The summed E-state index contributed by atoms with van der Waals surface area (Å²) in [5, 5.41) is 0.963. The van der Waals surface area contributed by atoms with Gasteiger partial charge in [-0.3, -0.25) is 9.78 Å². The van der Waals surface area contributed by atoms with Gasteiger partial charge in [-0.15, -0.1) is 0 Å². The average Bonchev–Trinajstić information content (AvgIpc) is 2.47. The molecule has 3 heterocycles. The van der Waals surface area contributed by atoms with Crippen molar-refractivity contribution in [2.24, 2.45) is 5.73 Å². The first-order valence-electron chi connectivity index (χ1n) is 5.91. The molecule has 5 heteroatoms. The van der Waals surface area contributed by atoms with Gasteiger partial charge in [0.1, 0.15) is 0 Å². The summed E-state index contributed by atoms with van der Waals surface area (Å²) in [5.74, 6) is 0. The zero-order valence-corrected chi connectivity index (χ0v) is 10.1. The van der Waals surface area contributed by atoms with Crippen molar-refractivity contribution in [3.05, 3.63) is 58.8 Å². The summed E-state index contributed by atoms with van der Waals surface area (Å²) < 4.78 is 0. The van der Waals surface area contributed by atoms with Crippen molar-refractivity contribution in [2.75, 3.05) is 0 Å². The first-order valence-corrected chi connectivity index (χ1v) is 5.91. The molecule has 3 rings (SSSR count). The van der Waals surface area contributed by atoms with E-state index in [4.69, 9.17) is 5.73 Å². The van der Waals surface area contributed by atoms with Crippen LogP contribution < -0.4 is 11.3 Å². The number of nitrogens with zero attached hydrogens (tertiary/aromatic N) is 2. The molecule has 0 bridgehead atoms. The third kappa shape index (κ3) is 2.23. The van der Waals surface area contributed by atoms with Gasteiger partial charge in [-0.25, -0.2) is 4.98 Å². The van der Waals surface area contributed by atoms with Crippen molar-refractivity contribution in [1.82, 2.24) is 15.0 Å². The van der Waals surface area contributed by atoms with Crippen LogP contribution in [0, 0.1) is 0 Å². The van der Waals surface area contributed by atoms with Gasteiger partial charge in [0.15, 0.2) is 0 Å². The minimum atomic E-state index is -0.126. The van der Waals surface area contributed by atoms with Crippen LogP contribution in [0.1, 0.15) is 5.69 Å². The van der Waals surface area contributed by atoms with Gasteiger partial charge in [-0.2, -0.15) is 0 Å². The molecule has 3 N–H and O–H groups in total. The van der Waals surface area contributed by atoms with Gasteiger partial charge in [-0.1, -0.05) is 0 Å². The minimum Gasteiger partial charge on any atom is -0.328 e. The first kappa shape index (κ1) is 11.6. The van der Waals surface area contributed by atoms with Crippen molar-refractivity contribution in [2.45, 2.75) is 6.54 Å². The predicted octanol–water partition coefficient (Wildman–Crippen LogP) is 1.44. The Hall–Kier alpha value is -2.53. The molecule has 0 fully saturated rings. The van der Waals surface area contributed by atoms with Crippen LogP contribution in [0.4, 0.5) is 0 Å². The van der Waals surface area contributed by atoms with Crippen molar-refractivity contribution in [3.63, 3.8) is 0 Å². The average molecular weight is 252 g/mol. The van der Waals surface area contributed by atoms with Gasteiger partial charge >= 0.3 is 0 Å². The number of rotatable bonds is 2. The maximum absolute atomic E-state index is 11.1. The zero-order chi connectivity index (χ0) is 13.2. The monoisotopic (exact) mass is 252 g/mol. The second-order valence-electron chi connectivity index (χ2n) is 4.21. The fourth-order valence-corrected chi connectivity index (χ4v) is 1.90. The summed E-state index contributed by atoms with van der Waals surface area (Å²) in [7, 11) is 0. The Morgan fingerprint density at radius 1 is 1.21 bits per heavy atom. The van der Waals surface area contributed by atoms with Crippen molar-refractivity contribution >= 4 is 10.9 Å². The van der Waals surface area contributed by atoms with Crippen molar-refractivity contribution in [3.8, 4) is 11.3 Å². The number of pyridine rings is 3. The lowest BCUT2D eigenvalue weighted by Gasteiger charge is -2.04. The molecule has 0 atom stereocenters. The van der Waals surface area contributed by atoms with Crippen LogP contribution in [-0.4, -0.2) is 15.0 Å². The van der Waals surface area contributed by atoms with Gasteiger partial charge in [0.2, 0.25) is 5.56 Å². The van der Waals surface area contributed by atoms with E-state index in [1.165, 1.54) is 6.07 Å². The maximum Gasteiger partial charge on any atom is 0.247 e. The van der Waals surface area contributed by atoms with E-state index in [-0.39, 0.29) is 5.56 Å². The fourth-order valence-electron chi connectivity index (χ4n) is 1.90. The Morgan fingerprint density at radius 3 is 2.84 bits per heavy atom. The molecular weight excluding hydrogens is 240 g/mol. The fraction of sp³-hybridized carbons (Fsp3) is 0.0714. The number of nitrogens with one attached hydrogen (secondary N) is 1. The predicted molar refractivity (Wildman–Crippen MR) is 73.5 cm³/mol. The highest BCUT2D eigenvalue weighted by atomic mass is 16.1. The van der Waals surface area contributed by atoms with Gasteiger partial charge in [0.05, 0.1) is 16.9 Å². The largest absolute Gasteiger partial charge is 0.328 e. The highest BCUT2D eigenvalue weighted by Gasteiger charge is 2.03. The highest BCUT2D eigenvalue weighted by Crippen LogP contribution is 2.19.